The zero-order valence-electron chi connectivity index (χ0n) is 23.0. The van der Waals surface area contributed by atoms with Crippen LogP contribution in [0.15, 0.2) is 48.5 Å². The predicted molar refractivity (Wildman–Crippen MR) is 143 cm³/mol. The summed E-state index contributed by atoms with van der Waals surface area (Å²) in [6.07, 6.45) is -2.78. The highest BCUT2D eigenvalue weighted by Crippen LogP contribution is 2.42. The van der Waals surface area contributed by atoms with Crippen molar-refractivity contribution in [1.29, 1.82) is 0 Å². The molecule has 0 radical (unpaired) electrons. The first kappa shape index (κ1) is 32.4. The van der Waals surface area contributed by atoms with Gasteiger partial charge in [0.25, 0.3) is 0 Å². The summed E-state index contributed by atoms with van der Waals surface area (Å²) < 4.78 is 75.7. The van der Waals surface area contributed by atoms with Gasteiger partial charge < -0.3 is 20.8 Å². The molecule has 0 amide bonds. The van der Waals surface area contributed by atoms with Crippen molar-refractivity contribution in [2.75, 3.05) is 27.2 Å². The highest BCUT2D eigenvalue weighted by Gasteiger charge is 2.42. The average molecular weight is 575 g/mol. The number of alkyl halides is 6. The first-order chi connectivity index (χ1) is 18.8. The highest BCUT2D eigenvalue weighted by atomic mass is 19.4. The molecule has 2 saturated carbocycles. The fourth-order valence-electron chi connectivity index (χ4n) is 6.35. The number of aliphatic hydroxyl groups excluding tert-OH is 2. The molecule has 224 valence electrons. The smallest absolute Gasteiger partial charge is 0.392 e. The summed E-state index contributed by atoms with van der Waals surface area (Å²) in [5.41, 5.74) is -0.676. The standard InChI is InChI=1S/2C15H20F3NO/c2*1-19-10-14(9-3-2-4-13(14)20)11-5-7-12(8-6-11)15(16,17)18/h2*5-8,13,19-20H,2-4,9-10H2,1H3/t2*13-,14-/m10/s1. The van der Waals surface area contributed by atoms with Gasteiger partial charge in [-0.25, -0.2) is 0 Å². The molecule has 0 aromatic heterocycles. The molecule has 4 atom stereocenters. The first-order valence-electron chi connectivity index (χ1n) is 13.8. The first-order valence-corrected chi connectivity index (χ1v) is 13.8. The molecule has 40 heavy (non-hydrogen) atoms. The largest absolute Gasteiger partial charge is 0.416 e. The second-order valence-corrected chi connectivity index (χ2v) is 11.0. The van der Waals surface area contributed by atoms with Crippen molar-refractivity contribution < 1.29 is 36.6 Å². The van der Waals surface area contributed by atoms with Crippen molar-refractivity contribution in [3.8, 4) is 0 Å². The topological polar surface area (TPSA) is 64.5 Å². The van der Waals surface area contributed by atoms with Crippen molar-refractivity contribution in [2.45, 2.75) is 86.8 Å². The van der Waals surface area contributed by atoms with Gasteiger partial charge in [-0.1, -0.05) is 49.9 Å². The molecule has 0 unspecified atom stereocenters. The number of halogens is 6. The molecule has 2 aliphatic carbocycles. The summed E-state index contributed by atoms with van der Waals surface area (Å²) in [5.74, 6) is 0. The Balaban J connectivity index is 0.000000220. The highest BCUT2D eigenvalue weighted by molar-refractivity contribution is 5.34. The number of likely N-dealkylation sites (N-methyl/N-ethyl adjacent to an activating group) is 2. The molecule has 0 aliphatic heterocycles. The van der Waals surface area contributed by atoms with Crippen molar-refractivity contribution in [2.24, 2.45) is 0 Å². The van der Waals surface area contributed by atoms with Gasteiger partial charge in [0.2, 0.25) is 0 Å². The van der Waals surface area contributed by atoms with Crippen LogP contribution in [-0.2, 0) is 23.2 Å². The predicted octanol–water partition coefficient (Wildman–Crippen LogP) is 6.20. The quantitative estimate of drug-likeness (QED) is 0.311. The maximum atomic E-state index is 12.6. The van der Waals surface area contributed by atoms with E-state index in [0.29, 0.717) is 25.9 Å². The monoisotopic (exact) mass is 574 g/mol. The normalized spacial score (nSPS) is 27.6. The Morgan fingerprint density at radius 1 is 0.625 bits per heavy atom. The van der Waals surface area contributed by atoms with Crippen LogP contribution >= 0.6 is 0 Å². The fraction of sp³-hybridized carbons (Fsp3) is 0.600. The molecule has 0 saturated heterocycles. The van der Waals surface area contributed by atoms with E-state index in [-0.39, 0.29) is 0 Å². The van der Waals surface area contributed by atoms with Crippen LogP contribution in [0, 0.1) is 0 Å². The lowest BCUT2D eigenvalue weighted by molar-refractivity contribution is -0.138. The second-order valence-electron chi connectivity index (χ2n) is 11.0. The molecular weight excluding hydrogens is 534 g/mol. The molecular formula is C30H40F6N2O2. The third-order valence-electron chi connectivity index (χ3n) is 8.54. The van der Waals surface area contributed by atoms with E-state index in [1.165, 1.54) is 24.3 Å². The van der Waals surface area contributed by atoms with Crippen LogP contribution in [0.1, 0.15) is 73.6 Å². The summed E-state index contributed by atoms with van der Waals surface area (Å²) in [6, 6.07) is 10.5. The van der Waals surface area contributed by atoms with Crippen LogP contribution in [0.3, 0.4) is 0 Å². The van der Waals surface area contributed by atoms with Crippen LogP contribution in [0.2, 0.25) is 0 Å². The molecule has 0 bridgehead atoms. The van der Waals surface area contributed by atoms with Crippen molar-refractivity contribution in [3.05, 3.63) is 70.8 Å². The molecule has 2 fully saturated rings. The Morgan fingerprint density at radius 3 is 1.20 bits per heavy atom. The zero-order valence-corrected chi connectivity index (χ0v) is 23.0. The van der Waals surface area contributed by atoms with Gasteiger partial charge in [-0.15, -0.1) is 0 Å². The van der Waals surface area contributed by atoms with Crippen molar-refractivity contribution >= 4 is 0 Å². The maximum absolute atomic E-state index is 12.6. The van der Waals surface area contributed by atoms with Gasteiger partial charge in [0.15, 0.2) is 0 Å². The number of rotatable bonds is 6. The zero-order chi connectivity index (χ0) is 29.6. The summed E-state index contributed by atoms with van der Waals surface area (Å²) in [4.78, 5) is 0. The van der Waals surface area contributed by atoms with E-state index in [4.69, 9.17) is 0 Å². The molecule has 4 nitrogen and oxygen atoms in total. The van der Waals surface area contributed by atoms with Gasteiger partial charge in [0, 0.05) is 23.9 Å². The van der Waals surface area contributed by atoms with Crippen molar-refractivity contribution in [1.82, 2.24) is 10.6 Å². The molecule has 10 heteroatoms. The number of nitrogens with one attached hydrogen (secondary N) is 2. The molecule has 4 N–H and O–H groups in total. The van der Waals surface area contributed by atoms with Gasteiger partial charge in [-0.2, -0.15) is 26.3 Å². The molecule has 4 rings (SSSR count). The summed E-state index contributed by atoms with van der Waals surface area (Å²) >= 11 is 0. The third kappa shape index (κ3) is 7.19. The van der Waals surface area contributed by atoms with E-state index in [1.807, 2.05) is 0 Å². The molecule has 2 aliphatic rings. The fourth-order valence-corrected chi connectivity index (χ4v) is 6.35. The third-order valence-corrected chi connectivity index (χ3v) is 8.54. The number of hydrogen-bond donors (Lipinski definition) is 4. The molecule has 2 aromatic carbocycles. The number of hydrogen-bond acceptors (Lipinski definition) is 4. The lowest BCUT2D eigenvalue weighted by Gasteiger charge is -2.42. The minimum absolute atomic E-state index is 0.475. The van der Waals surface area contributed by atoms with Crippen LogP contribution in [0.4, 0.5) is 26.3 Å². The average Bonchev–Trinajstić information content (AvgIpc) is 2.91. The Kier molecular flexibility index (Phi) is 10.7. The van der Waals surface area contributed by atoms with E-state index in [1.54, 1.807) is 14.1 Å². The van der Waals surface area contributed by atoms with Gasteiger partial charge in [-0.3, -0.25) is 0 Å². The Morgan fingerprint density at radius 2 is 0.950 bits per heavy atom. The lowest BCUT2D eigenvalue weighted by Crippen LogP contribution is -2.48. The molecule has 0 spiro atoms. The Bertz CT molecular complexity index is 964. The van der Waals surface area contributed by atoms with Gasteiger partial charge in [-0.05, 0) is 75.2 Å². The number of benzene rings is 2. The summed E-state index contributed by atoms with van der Waals surface area (Å²) in [7, 11) is 3.60. The van der Waals surface area contributed by atoms with Crippen LogP contribution < -0.4 is 10.6 Å². The van der Waals surface area contributed by atoms with Gasteiger partial charge in [0.05, 0.1) is 23.3 Å². The summed E-state index contributed by atoms with van der Waals surface area (Å²) in [6.45, 7) is 1.14. The molecule has 0 heterocycles. The van der Waals surface area contributed by atoms with Crippen molar-refractivity contribution in [3.63, 3.8) is 0 Å². The maximum Gasteiger partial charge on any atom is 0.416 e. The lowest BCUT2D eigenvalue weighted by atomic mass is 9.67. The Labute approximate surface area is 232 Å². The number of aliphatic hydroxyl groups is 2. The van der Waals surface area contributed by atoms with Gasteiger partial charge in [0.1, 0.15) is 0 Å². The van der Waals surface area contributed by atoms with E-state index >= 15 is 0 Å². The van der Waals surface area contributed by atoms with Crippen LogP contribution in [0.5, 0.6) is 0 Å². The minimum atomic E-state index is -4.32. The van der Waals surface area contributed by atoms with E-state index < -0.39 is 46.5 Å². The SMILES string of the molecule is CNC[C@@]1(c2ccc(C(F)(F)F)cc2)CCCC[C@H]1O.CNC[C@]1(c2ccc(C(F)(F)F)cc2)CCCC[C@@H]1O. The minimum Gasteiger partial charge on any atom is -0.392 e. The van der Waals surface area contributed by atoms with E-state index in [0.717, 1.165) is 73.9 Å². The molecule has 2 aromatic rings. The van der Waals surface area contributed by atoms with Gasteiger partial charge >= 0.3 is 12.4 Å². The van der Waals surface area contributed by atoms with Crippen LogP contribution in [0.25, 0.3) is 0 Å². The summed E-state index contributed by atoms with van der Waals surface area (Å²) in [5, 5.41) is 26.9. The second kappa shape index (κ2) is 13.2. The van der Waals surface area contributed by atoms with E-state index in [9.17, 15) is 36.6 Å². The Hall–Kier alpha value is -2.14. The van der Waals surface area contributed by atoms with E-state index in [2.05, 4.69) is 10.6 Å². The van der Waals surface area contributed by atoms with Crippen LogP contribution in [-0.4, -0.2) is 49.6 Å².